The summed E-state index contributed by atoms with van der Waals surface area (Å²) >= 11 is 0. The van der Waals surface area contributed by atoms with E-state index in [-0.39, 0.29) is 223 Å². The summed E-state index contributed by atoms with van der Waals surface area (Å²) in [5, 5.41) is 107. The van der Waals surface area contributed by atoms with Gasteiger partial charge < -0.3 is 94.1 Å². The Morgan fingerprint density at radius 1 is 0.167 bits per heavy atom. The van der Waals surface area contributed by atoms with Gasteiger partial charge in [-0.2, -0.15) is 0 Å². The molecule has 0 N–H and O–H groups in total. The Kier molecular flexibility index (Phi) is 1980. The van der Waals surface area contributed by atoms with Gasteiger partial charge in [-0.15, -0.1) is 79.3 Å². The molecule has 0 atom stereocenters. The van der Waals surface area contributed by atoms with Crippen molar-refractivity contribution in [2.24, 2.45) is 0 Å². The summed E-state index contributed by atoms with van der Waals surface area (Å²) in [6, 6.07) is 0. The zero-order valence-electron chi connectivity index (χ0n) is 30.5. The summed E-state index contributed by atoms with van der Waals surface area (Å²) in [6.07, 6.45) is 0. The van der Waals surface area contributed by atoms with Gasteiger partial charge in [-0.05, 0) is 0 Å². The zero-order valence-corrected chi connectivity index (χ0v) is 38.9. The number of hydrogen-bond acceptors (Lipinski definition) is 12. The molecule has 0 saturated heterocycles. The van der Waals surface area contributed by atoms with E-state index < -0.39 is 0 Å². The maximum atomic E-state index is 8.93. The van der Waals surface area contributed by atoms with Crippen LogP contribution < -0.4 is 61.3 Å². The molecule has 0 aliphatic heterocycles. The maximum Gasteiger partial charge on any atom is 4.00 e. The first-order valence-corrected chi connectivity index (χ1v) is 11.9. The van der Waals surface area contributed by atoms with E-state index in [4.69, 9.17) is 61.3 Å². The summed E-state index contributed by atoms with van der Waals surface area (Å²) < 4.78 is 0. The van der Waals surface area contributed by atoms with Crippen molar-refractivity contribution in [2.45, 2.75) is 83.1 Å². The van der Waals surface area contributed by atoms with Crippen molar-refractivity contribution in [1.82, 2.24) is 0 Å². The van der Waals surface area contributed by atoms with E-state index in [1.165, 1.54) is 0 Å². The van der Waals surface area contributed by atoms with Crippen LogP contribution in [0.1, 0.15) is 83.1 Å². The Morgan fingerprint density at radius 2 is 0.167 bits per heavy atom. The monoisotopic (exact) mass is 942 g/mol. The summed E-state index contributed by atoms with van der Waals surface area (Å²) in [6.45, 7) is 18.8. The third-order valence-electron chi connectivity index (χ3n) is 0. The van der Waals surface area contributed by atoms with Crippen LogP contribution >= 0.6 is 0 Å². The standard InChI is InChI=1S/12C2H5O.6O.6V/c12*1-2-3;;;;;;;;;;;;/h12*2H2,1H3;;;;;;;;;;;;/q12*-1;6*-2;6*+4. The molecular formula is C24H60O18V6. The van der Waals surface area contributed by atoms with Crippen molar-refractivity contribution in [3.05, 3.63) is 0 Å². The minimum absolute atomic E-state index is 0. The first-order chi connectivity index (χ1) is 17.0. The molecule has 6 radical (unpaired) electrons. The Labute approximate surface area is 365 Å². The molecule has 0 aromatic heterocycles. The molecule has 0 fully saturated rings. The average Bonchev–Trinajstić information content (AvgIpc) is 2.75. The predicted octanol–water partition coefficient (Wildman–Crippen LogP) is -8.33. The first kappa shape index (κ1) is 175. The Hall–Kier alpha value is 2.79. The molecule has 0 unspecified atom stereocenters. The van der Waals surface area contributed by atoms with Crippen LogP contribution in [0.2, 0.25) is 0 Å². The third-order valence-corrected chi connectivity index (χ3v) is 0. The normalized spacial score (nSPS) is 4.50. The van der Waals surface area contributed by atoms with E-state index in [2.05, 4.69) is 0 Å². The van der Waals surface area contributed by atoms with Crippen LogP contribution in [0.25, 0.3) is 0 Å². The fraction of sp³-hybridized carbons (Fsp3) is 1.00. The van der Waals surface area contributed by atoms with Gasteiger partial charge in [0.15, 0.2) is 0 Å². The van der Waals surface area contributed by atoms with Crippen molar-refractivity contribution >= 4 is 0 Å². The molecule has 294 valence electrons. The van der Waals surface area contributed by atoms with Gasteiger partial charge in [0.25, 0.3) is 0 Å². The second-order valence-electron chi connectivity index (χ2n) is 3.46. The van der Waals surface area contributed by atoms with Crippen molar-refractivity contribution in [2.75, 3.05) is 79.3 Å². The molecule has 24 heteroatoms. The van der Waals surface area contributed by atoms with Crippen LogP contribution in [0.3, 0.4) is 0 Å². The smallest absolute Gasteiger partial charge is 2.00 e. The van der Waals surface area contributed by atoms with E-state index in [9.17, 15) is 0 Å². The van der Waals surface area contributed by atoms with Crippen molar-refractivity contribution < 1.29 is 205 Å². The van der Waals surface area contributed by atoms with Gasteiger partial charge in [0.05, 0.1) is 0 Å². The average molecular weight is 942 g/mol. The van der Waals surface area contributed by atoms with Gasteiger partial charge in [-0.3, -0.25) is 0 Å². The van der Waals surface area contributed by atoms with Gasteiger partial charge in [0, 0.05) is 0 Å². The Morgan fingerprint density at radius 3 is 0.167 bits per heavy atom. The maximum absolute atomic E-state index is 8.93. The molecule has 0 aliphatic rings. The van der Waals surface area contributed by atoms with Crippen LogP contribution in [0.5, 0.6) is 0 Å². The first-order valence-electron chi connectivity index (χ1n) is 11.9. The van der Waals surface area contributed by atoms with E-state index >= 15 is 0 Å². The van der Waals surface area contributed by atoms with Crippen LogP contribution in [0.15, 0.2) is 0 Å². The van der Waals surface area contributed by atoms with E-state index in [1.54, 1.807) is 83.1 Å². The predicted molar refractivity (Wildman–Crippen MR) is 131 cm³/mol. The van der Waals surface area contributed by atoms with Crippen molar-refractivity contribution in [3.63, 3.8) is 0 Å². The molecule has 0 amide bonds. The van der Waals surface area contributed by atoms with Crippen LogP contribution in [-0.2, 0) is 144 Å². The SMILES string of the molecule is CC[O-].CC[O-].CC[O-].CC[O-].CC[O-].CC[O-].CC[O-].CC[O-].CC[O-].CC[O-].CC[O-].CC[O-].[O-2].[O-2].[O-2].[O-2].[O-2].[O-2].[V+4].[V+4].[V+4].[V+4].[V+4].[V+4]. The summed E-state index contributed by atoms with van der Waals surface area (Å²) in [5.41, 5.74) is 0. The molecular weight excluding hydrogens is 882 g/mol. The Balaban J connectivity index is -0.00000000582. The summed E-state index contributed by atoms with van der Waals surface area (Å²) in [7, 11) is 0. The summed E-state index contributed by atoms with van der Waals surface area (Å²) in [5.74, 6) is 0. The van der Waals surface area contributed by atoms with Gasteiger partial charge in [-0.25, -0.2) is 0 Å². The molecule has 18 nitrogen and oxygen atoms in total. The zero-order chi connectivity index (χ0) is 32.5. The number of rotatable bonds is 0. The third kappa shape index (κ3) is 14300. The molecule has 0 rings (SSSR count). The van der Waals surface area contributed by atoms with Gasteiger partial charge in [0.2, 0.25) is 0 Å². The fourth-order valence-corrected chi connectivity index (χ4v) is 0. The Bertz CT molecular complexity index is 110. The molecule has 0 bridgehead atoms. The quantitative estimate of drug-likeness (QED) is 0.219. The molecule has 0 aliphatic carbocycles. The molecule has 0 spiro atoms. The minimum atomic E-state index is 0. The molecule has 0 saturated carbocycles. The second kappa shape index (κ2) is 542. The van der Waals surface area contributed by atoms with Crippen molar-refractivity contribution in [1.29, 1.82) is 0 Å². The van der Waals surface area contributed by atoms with E-state index in [1.807, 2.05) is 0 Å². The van der Waals surface area contributed by atoms with Crippen LogP contribution in [0.4, 0.5) is 0 Å². The van der Waals surface area contributed by atoms with Gasteiger partial charge in [-0.1, -0.05) is 83.1 Å². The largest absolute Gasteiger partial charge is 4.00 e. The summed E-state index contributed by atoms with van der Waals surface area (Å²) in [4.78, 5) is 0. The van der Waals surface area contributed by atoms with Crippen LogP contribution in [0, 0.1) is 0 Å². The fourth-order valence-electron chi connectivity index (χ4n) is 0. The van der Waals surface area contributed by atoms with Crippen molar-refractivity contribution in [3.8, 4) is 0 Å². The van der Waals surface area contributed by atoms with E-state index in [0.29, 0.717) is 0 Å². The molecule has 0 aromatic rings. The number of hydrogen-bond donors (Lipinski definition) is 0. The molecule has 0 aromatic carbocycles. The minimum Gasteiger partial charge on any atom is -2.00 e. The van der Waals surface area contributed by atoms with Gasteiger partial charge in [0.1, 0.15) is 0 Å². The van der Waals surface area contributed by atoms with Gasteiger partial charge >= 0.3 is 111 Å². The topological polar surface area (TPSA) is 448 Å². The molecule has 0 heterocycles. The molecule has 48 heavy (non-hydrogen) atoms. The van der Waals surface area contributed by atoms with Crippen LogP contribution in [-0.4, -0.2) is 79.3 Å². The second-order valence-corrected chi connectivity index (χ2v) is 3.46. The van der Waals surface area contributed by atoms with E-state index in [0.717, 1.165) is 0 Å².